The van der Waals surface area contributed by atoms with Crippen molar-refractivity contribution >= 4 is 33.6 Å². The minimum absolute atomic E-state index is 0.141. The van der Waals surface area contributed by atoms with Crippen LogP contribution >= 0.6 is 0 Å². The van der Waals surface area contributed by atoms with E-state index in [4.69, 9.17) is 0 Å². The second-order valence-electron chi connectivity index (χ2n) is 5.56. The molecule has 0 bridgehead atoms. The summed E-state index contributed by atoms with van der Waals surface area (Å²) in [6, 6.07) is 12.2. The van der Waals surface area contributed by atoms with Crippen molar-refractivity contribution in [1.29, 1.82) is 0 Å². The largest absolute Gasteiger partial charge is 0.477 e. The number of carboxylic acids is 1. The van der Waals surface area contributed by atoms with Crippen LogP contribution in [0.25, 0.3) is 27.6 Å². The maximum atomic E-state index is 12.7. The van der Waals surface area contributed by atoms with E-state index in [1.165, 1.54) is 24.3 Å². The fourth-order valence-electron chi connectivity index (χ4n) is 2.86. The summed E-state index contributed by atoms with van der Waals surface area (Å²) >= 11 is 0. The highest BCUT2D eigenvalue weighted by molar-refractivity contribution is 6.11. The summed E-state index contributed by atoms with van der Waals surface area (Å²) < 4.78 is 0.940. The Kier molecular flexibility index (Phi) is 3.29. The third-order valence-corrected chi connectivity index (χ3v) is 4.05. The number of hydrogen-bond acceptors (Lipinski definition) is 5. The van der Waals surface area contributed by atoms with Gasteiger partial charge in [-0.2, -0.15) is 9.78 Å². The van der Waals surface area contributed by atoms with Crippen LogP contribution in [0.4, 0.5) is 5.69 Å². The molecule has 9 nitrogen and oxygen atoms in total. The Balaban J connectivity index is 2.08. The maximum Gasteiger partial charge on any atom is 0.343 e. The number of hydrogen-bond donors (Lipinski definition) is 2. The highest BCUT2D eigenvalue weighted by atomic mass is 16.6. The summed E-state index contributed by atoms with van der Waals surface area (Å²) in [5, 5.41) is 25.3. The maximum absolute atomic E-state index is 12.7. The topological polar surface area (TPSA) is 131 Å². The predicted molar refractivity (Wildman–Crippen MR) is 92.8 cm³/mol. The minimum Gasteiger partial charge on any atom is -0.477 e. The van der Waals surface area contributed by atoms with Gasteiger partial charge in [-0.05, 0) is 18.2 Å². The fourth-order valence-corrected chi connectivity index (χ4v) is 2.86. The van der Waals surface area contributed by atoms with Gasteiger partial charge in [0.05, 0.1) is 16.1 Å². The number of H-pyrrole nitrogens is 1. The van der Waals surface area contributed by atoms with E-state index in [0.717, 1.165) is 4.68 Å². The second kappa shape index (κ2) is 5.52. The molecule has 0 aliphatic heterocycles. The number of rotatable bonds is 3. The second-order valence-corrected chi connectivity index (χ2v) is 5.56. The van der Waals surface area contributed by atoms with Crippen LogP contribution in [-0.2, 0) is 0 Å². The van der Waals surface area contributed by atoms with Gasteiger partial charge in [-0.1, -0.05) is 18.2 Å². The van der Waals surface area contributed by atoms with Gasteiger partial charge in [0, 0.05) is 23.0 Å². The van der Waals surface area contributed by atoms with E-state index in [-0.39, 0.29) is 16.9 Å². The molecule has 0 aliphatic rings. The van der Waals surface area contributed by atoms with Crippen molar-refractivity contribution in [1.82, 2.24) is 14.8 Å². The molecule has 2 aromatic carbocycles. The summed E-state index contributed by atoms with van der Waals surface area (Å²) in [5.74, 6) is -1.38. The first-order valence-electron chi connectivity index (χ1n) is 7.49. The van der Waals surface area contributed by atoms with Gasteiger partial charge in [0.1, 0.15) is 5.52 Å². The monoisotopic (exact) mass is 350 g/mol. The van der Waals surface area contributed by atoms with Gasteiger partial charge in [0.15, 0.2) is 5.56 Å². The number of fused-ring (bicyclic) bond motifs is 3. The summed E-state index contributed by atoms with van der Waals surface area (Å²) in [6.07, 6.45) is 0. The van der Waals surface area contributed by atoms with Gasteiger partial charge in [0.25, 0.3) is 11.2 Å². The van der Waals surface area contributed by atoms with E-state index in [1.54, 1.807) is 24.3 Å². The number of nitrogens with one attached hydrogen (secondary N) is 1. The van der Waals surface area contributed by atoms with Crippen LogP contribution < -0.4 is 5.56 Å². The molecule has 0 atom stereocenters. The number of aromatic carboxylic acids is 1. The number of nitro benzene ring substituents is 1. The molecule has 0 saturated heterocycles. The molecule has 0 radical (unpaired) electrons. The Morgan fingerprint density at radius 1 is 1.15 bits per heavy atom. The number of nitro groups is 1. The highest BCUT2D eigenvalue weighted by Crippen LogP contribution is 2.25. The van der Waals surface area contributed by atoms with E-state index < -0.39 is 22.0 Å². The van der Waals surface area contributed by atoms with Gasteiger partial charge in [0.2, 0.25) is 0 Å². The van der Waals surface area contributed by atoms with Crippen molar-refractivity contribution in [3.63, 3.8) is 0 Å². The number of carboxylic acid groups (broad SMARTS) is 1. The van der Waals surface area contributed by atoms with Gasteiger partial charge in [-0.25, -0.2) is 4.79 Å². The lowest BCUT2D eigenvalue weighted by Crippen LogP contribution is -2.27. The highest BCUT2D eigenvalue weighted by Gasteiger charge is 2.22. The van der Waals surface area contributed by atoms with Crippen LogP contribution in [-0.4, -0.2) is 30.8 Å². The molecule has 26 heavy (non-hydrogen) atoms. The molecule has 128 valence electrons. The Morgan fingerprint density at radius 2 is 1.85 bits per heavy atom. The minimum atomic E-state index is -1.38. The van der Waals surface area contributed by atoms with E-state index in [0.29, 0.717) is 16.4 Å². The summed E-state index contributed by atoms with van der Waals surface area (Å²) in [6.45, 7) is 0. The SMILES string of the molecule is O=C(O)c1c(=O)n(-c2ccc([N+](=O)[O-])cc2)nc2c1[nH]c1ccccc12. The Morgan fingerprint density at radius 3 is 2.50 bits per heavy atom. The van der Waals surface area contributed by atoms with Crippen molar-refractivity contribution < 1.29 is 14.8 Å². The molecule has 0 amide bonds. The number of aromatic amines is 1. The van der Waals surface area contributed by atoms with E-state index in [9.17, 15) is 24.8 Å². The van der Waals surface area contributed by atoms with Gasteiger partial charge < -0.3 is 10.1 Å². The van der Waals surface area contributed by atoms with Crippen molar-refractivity contribution in [2.45, 2.75) is 0 Å². The lowest BCUT2D eigenvalue weighted by Gasteiger charge is -2.06. The molecule has 2 heterocycles. The van der Waals surface area contributed by atoms with Crippen molar-refractivity contribution in [2.75, 3.05) is 0 Å². The van der Waals surface area contributed by atoms with E-state index >= 15 is 0 Å². The molecule has 4 rings (SSSR count). The zero-order valence-corrected chi connectivity index (χ0v) is 13.0. The standard InChI is InChI=1S/C17H10N4O5/c22-16-13(17(23)24)15-14(11-3-1-2-4-12(11)18-15)19-20(16)9-5-7-10(8-6-9)21(25)26/h1-8,18H,(H,23,24). The Labute approximate surface area is 144 Å². The lowest BCUT2D eigenvalue weighted by molar-refractivity contribution is -0.384. The number of nitrogens with zero attached hydrogens (tertiary/aromatic N) is 3. The quantitative estimate of drug-likeness (QED) is 0.431. The summed E-state index contributed by atoms with van der Waals surface area (Å²) in [7, 11) is 0. The zero-order valence-electron chi connectivity index (χ0n) is 13.0. The predicted octanol–water partition coefficient (Wildman–Crippen LogP) is 2.47. The van der Waals surface area contributed by atoms with Crippen LogP contribution in [0.15, 0.2) is 53.3 Å². The number of benzene rings is 2. The summed E-state index contributed by atoms with van der Waals surface area (Å²) in [5.41, 5.74) is -0.0603. The number of aromatic nitrogens is 3. The fraction of sp³-hybridized carbons (Fsp3) is 0. The van der Waals surface area contributed by atoms with Gasteiger partial charge in [-0.3, -0.25) is 14.9 Å². The average Bonchev–Trinajstić information content (AvgIpc) is 2.98. The van der Waals surface area contributed by atoms with E-state index in [2.05, 4.69) is 10.1 Å². The molecular formula is C17H10N4O5. The molecule has 0 spiro atoms. The molecule has 0 aliphatic carbocycles. The van der Waals surface area contributed by atoms with Crippen molar-refractivity contribution in [2.24, 2.45) is 0 Å². The van der Waals surface area contributed by atoms with Gasteiger partial charge >= 0.3 is 5.97 Å². The molecule has 0 fully saturated rings. The van der Waals surface area contributed by atoms with Crippen LogP contribution in [0.1, 0.15) is 10.4 Å². The number of non-ortho nitro benzene ring substituents is 1. The Bertz CT molecular complexity index is 1250. The molecule has 2 aromatic heterocycles. The third-order valence-electron chi connectivity index (χ3n) is 4.05. The number of para-hydroxylation sites is 1. The average molecular weight is 350 g/mol. The molecule has 2 N–H and O–H groups in total. The summed E-state index contributed by atoms with van der Waals surface area (Å²) in [4.78, 5) is 37.5. The van der Waals surface area contributed by atoms with Crippen LogP contribution in [0.2, 0.25) is 0 Å². The van der Waals surface area contributed by atoms with Crippen LogP contribution in [0.5, 0.6) is 0 Å². The molecule has 0 unspecified atom stereocenters. The first-order chi connectivity index (χ1) is 12.5. The zero-order chi connectivity index (χ0) is 18.4. The Hall–Kier alpha value is -4.01. The number of carbonyl (C=O) groups is 1. The van der Waals surface area contributed by atoms with Gasteiger partial charge in [-0.15, -0.1) is 0 Å². The first kappa shape index (κ1) is 15.5. The third kappa shape index (κ3) is 2.22. The molecule has 0 saturated carbocycles. The van der Waals surface area contributed by atoms with Crippen LogP contribution in [0, 0.1) is 10.1 Å². The lowest BCUT2D eigenvalue weighted by atomic mass is 10.2. The van der Waals surface area contributed by atoms with Crippen molar-refractivity contribution in [3.05, 3.63) is 74.6 Å². The smallest absolute Gasteiger partial charge is 0.343 e. The van der Waals surface area contributed by atoms with Crippen LogP contribution in [0.3, 0.4) is 0 Å². The molecule has 4 aromatic rings. The molecule has 9 heteroatoms. The normalized spacial score (nSPS) is 11.1. The van der Waals surface area contributed by atoms with Crippen molar-refractivity contribution in [3.8, 4) is 5.69 Å². The first-order valence-corrected chi connectivity index (χ1v) is 7.49. The van der Waals surface area contributed by atoms with E-state index in [1.807, 2.05) is 0 Å². The molecular weight excluding hydrogens is 340 g/mol.